The molecule has 0 spiro atoms. The topological polar surface area (TPSA) is 29.3 Å². The number of nitrogens with two attached hydrogens (primary N) is 1. The van der Waals surface area contributed by atoms with Crippen LogP contribution in [0.2, 0.25) is 4.34 Å². The SMILES string of the molecule is CN(Cc1cc(Br)c(Cl)s1)CC(C)(C)CN.Cl. The standard InChI is InChI=1S/C11H18BrClN2S.ClH/c1-11(2,6-14)7-15(3)5-8-4-9(12)10(13)16-8;/h4H,5-7,14H2,1-3H3;1H. The summed E-state index contributed by atoms with van der Waals surface area (Å²) in [6.45, 7) is 6.96. The minimum atomic E-state index is 0. The highest BCUT2D eigenvalue weighted by Crippen LogP contribution is 2.32. The summed E-state index contributed by atoms with van der Waals surface area (Å²) in [5.74, 6) is 0. The molecule has 0 aliphatic rings. The highest BCUT2D eigenvalue weighted by Gasteiger charge is 2.18. The van der Waals surface area contributed by atoms with Gasteiger partial charge in [-0.25, -0.2) is 0 Å². The van der Waals surface area contributed by atoms with Gasteiger partial charge in [0.2, 0.25) is 0 Å². The van der Waals surface area contributed by atoms with Crippen molar-refractivity contribution in [2.45, 2.75) is 20.4 Å². The molecule has 17 heavy (non-hydrogen) atoms. The van der Waals surface area contributed by atoms with Gasteiger partial charge in [0.1, 0.15) is 4.34 Å². The van der Waals surface area contributed by atoms with Crippen LogP contribution in [0.3, 0.4) is 0 Å². The molecular formula is C11H19BrCl2N2S. The zero-order chi connectivity index (χ0) is 12.3. The second-order valence-corrected chi connectivity index (χ2v) is 7.47. The van der Waals surface area contributed by atoms with E-state index >= 15 is 0 Å². The molecule has 0 atom stereocenters. The molecule has 0 bridgehead atoms. The average Bonchev–Trinajstić information content (AvgIpc) is 2.44. The lowest BCUT2D eigenvalue weighted by atomic mass is 9.93. The maximum absolute atomic E-state index is 6.01. The summed E-state index contributed by atoms with van der Waals surface area (Å²) < 4.78 is 1.81. The van der Waals surface area contributed by atoms with Gasteiger partial charge < -0.3 is 10.6 Å². The van der Waals surface area contributed by atoms with Crippen molar-refractivity contribution >= 4 is 51.3 Å². The van der Waals surface area contributed by atoms with Crippen LogP contribution in [0.1, 0.15) is 18.7 Å². The van der Waals surface area contributed by atoms with Crippen LogP contribution in [0.25, 0.3) is 0 Å². The Bertz CT molecular complexity index is 336. The predicted molar refractivity (Wildman–Crippen MR) is 83.4 cm³/mol. The lowest BCUT2D eigenvalue weighted by Gasteiger charge is -2.28. The van der Waals surface area contributed by atoms with Gasteiger partial charge in [-0.2, -0.15) is 0 Å². The molecule has 0 amide bonds. The largest absolute Gasteiger partial charge is 0.330 e. The molecule has 6 heteroatoms. The first-order valence-electron chi connectivity index (χ1n) is 5.16. The molecule has 0 saturated carbocycles. The van der Waals surface area contributed by atoms with Crippen molar-refractivity contribution < 1.29 is 0 Å². The zero-order valence-corrected chi connectivity index (χ0v) is 14.3. The van der Waals surface area contributed by atoms with E-state index in [-0.39, 0.29) is 17.8 Å². The predicted octanol–water partition coefficient (Wildman–Crippen LogP) is 4.00. The fourth-order valence-electron chi connectivity index (χ4n) is 1.59. The van der Waals surface area contributed by atoms with E-state index in [4.69, 9.17) is 17.3 Å². The van der Waals surface area contributed by atoms with Gasteiger partial charge in [0, 0.05) is 22.4 Å². The highest BCUT2D eigenvalue weighted by molar-refractivity contribution is 9.10. The number of rotatable bonds is 5. The molecule has 1 rings (SSSR count). The summed E-state index contributed by atoms with van der Waals surface area (Å²) in [5, 5.41) is 0. The zero-order valence-electron chi connectivity index (χ0n) is 10.3. The molecule has 0 unspecified atom stereocenters. The Balaban J connectivity index is 0.00000256. The van der Waals surface area contributed by atoms with Gasteiger partial charge in [-0.1, -0.05) is 25.4 Å². The highest BCUT2D eigenvalue weighted by atomic mass is 79.9. The molecule has 2 nitrogen and oxygen atoms in total. The lowest BCUT2D eigenvalue weighted by molar-refractivity contribution is 0.211. The van der Waals surface area contributed by atoms with Gasteiger partial charge >= 0.3 is 0 Å². The monoisotopic (exact) mass is 360 g/mol. The third-order valence-electron chi connectivity index (χ3n) is 2.37. The normalized spacial score (nSPS) is 11.7. The summed E-state index contributed by atoms with van der Waals surface area (Å²) >= 11 is 11.0. The van der Waals surface area contributed by atoms with Crippen LogP contribution in [-0.4, -0.2) is 25.0 Å². The second kappa shape index (κ2) is 7.31. The maximum Gasteiger partial charge on any atom is 0.107 e. The van der Waals surface area contributed by atoms with Crippen LogP contribution in [0, 0.1) is 5.41 Å². The van der Waals surface area contributed by atoms with Crippen LogP contribution in [-0.2, 0) is 6.54 Å². The van der Waals surface area contributed by atoms with Crippen molar-refractivity contribution in [1.29, 1.82) is 0 Å². The Morgan fingerprint density at radius 1 is 1.53 bits per heavy atom. The van der Waals surface area contributed by atoms with E-state index < -0.39 is 0 Å². The van der Waals surface area contributed by atoms with Crippen molar-refractivity contribution in [3.63, 3.8) is 0 Å². The number of hydrogen-bond donors (Lipinski definition) is 1. The van der Waals surface area contributed by atoms with Crippen LogP contribution in [0.5, 0.6) is 0 Å². The van der Waals surface area contributed by atoms with Crippen molar-refractivity contribution in [2.75, 3.05) is 20.1 Å². The van der Waals surface area contributed by atoms with Crippen molar-refractivity contribution in [3.05, 3.63) is 19.8 Å². The number of nitrogens with zero attached hydrogens (tertiary/aromatic N) is 1. The van der Waals surface area contributed by atoms with Gasteiger partial charge in [0.15, 0.2) is 0 Å². The number of halogens is 3. The lowest BCUT2D eigenvalue weighted by Crippen LogP contribution is -2.36. The molecule has 100 valence electrons. The van der Waals surface area contributed by atoms with Gasteiger partial charge in [0.05, 0.1) is 0 Å². The van der Waals surface area contributed by atoms with E-state index in [1.807, 2.05) is 0 Å². The fourth-order valence-corrected chi connectivity index (χ4v) is 3.46. The summed E-state index contributed by atoms with van der Waals surface area (Å²) in [5.41, 5.74) is 5.88. The molecule has 2 N–H and O–H groups in total. The Labute approximate surface area is 127 Å². The van der Waals surface area contributed by atoms with Gasteiger partial charge in [0.25, 0.3) is 0 Å². The van der Waals surface area contributed by atoms with Crippen LogP contribution in [0.15, 0.2) is 10.5 Å². The molecule has 1 heterocycles. The average molecular weight is 362 g/mol. The Hall–Kier alpha value is 0.680. The Morgan fingerprint density at radius 3 is 2.53 bits per heavy atom. The van der Waals surface area contributed by atoms with Crippen LogP contribution in [0.4, 0.5) is 0 Å². The van der Waals surface area contributed by atoms with E-state index in [0.29, 0.717) is 6.54 Å². The molecule has 0 saturated heterocycles. The number of hydrogen-bond acceptors (Lipinski definition) is 3. The minimum Gasteiger partial charge on any atom is -0.330 e. The quantitative estimate of drug-likeness (QED) is 0.858. The third kappa shape index (κ3) is 5.90. The molecule has 0 aliphatic carbocycles. The van der Waals surface area contributed by atoms with Crippen LogP contribution >= 0.6 is 51.3 Å². The van der Waals surface area contributed by atoms with E-state index in [2.05, 4.69) is 47.8 Å². The van der Waals surface area contributed by atoms with Gasteiger partial charge in [-0.05, 0) is 41.0 Å². The van der Waals surface area contributed by atoms with Crippen molar-refractivity contribution in [3.8, 4) is 0 Å². The smallest absolute Gasteiger partial charge is 0.107 e. The second-order valence-electron chi connectivity index (χ2n) is 4.87. The van der Waals surface area contributed by atoms with E-state index in [1.165, 1.54) is 4.88 Å². The first-order valence-corrected chi connectivity index (χ1v) is 7.15. The first kappa shape index (κ1) is 17.7. The number of thiophene rings is 1. The Morgan fingerprint density at radius 2 is 2.12 bits per heavy atom. The van der Waals surface area contributed by atoms with Gasteiger partial charge in [-0.3, -0.25) is 0 Å². The molecule has 0 fully saturated rings. The van der Waals surface area contributed by atoms with Crippen LogP contribution < -0.4 is 5.73 Å². The maximum atomic E-state index is 6.01. The summed E-state index contributed by atoms with van der Waals surface area (Å²) in [6, 6.07) is 2.08. The molecule has 1 aromatic heterocycles. The summed E-state index contributed by atoms with van der Waals surface area (Å²) in [7, 11) is 2.11. The third-order valence-corrected chi connectivity index (χ3v) is 4.83. The van der Waals surface area contributed by atoms with Crippen molar-refractivity contribution in [2.24, 2.45) is 11.1 Å². The van der Waals surface area contributed by atoms with Gasteiger partial charge in [-0.15, -0.1) is 23.7 Å². The molecule has 0 aliphatic heterocycles. The minimum absolute atomic E-state index is 0. The molecule has 0 aromatic carbocycles. The Kier molecular flexibility index (Phi) is 7.61. The van der Waals surface area contributed by atoms with E-state index in [1.54, 1.807) is 11.3 Å². The summed E-state index contributed by atoms with van der Waals surface area (Å²) in [4.78, 5) is 3.55. The fraction of sp³-hybridized carbons (Fsp3) is 0.636. The van der Waals surface area contributed by atoms with E-state index in [0.717, 1.165) is 21.9 Å². The molecule has 1 aromatic rings. The molecular weight excluding hydrogens is 343 g/mol. The van der Waals surface area contributed by atoms with Crippen molar-refractivity contribution in [1.82, 2.24) is 4.90 Å². The van der Waals surface area contributed by atoms with E-state index in [9.17, 15) is 0 Å². The first-order chi connectivity index (χ1) is 7.34. The summed E-state index contributed by atoms with van der Waals surface area (Å²) in [6.07, 6.45) is 0. The molecule has 0 radical (unpaired) electrons.